The van der Waals surface area contributed by atoms with Crippen molar-refractivity contribution in [3.8, 4) is 17.3 Å². The number of benzene rings is 1. The van der Waals surface area contributed by atoms with Crippen molar-refractivity contribution in [3.05, 3.63) is 40.7 Å². The molecule has 44 heavy (non-hydrogen) atoms. The van der Waals surface area contributed by atoms with Crippen LogP contribution >= 0.6 is 11.3 Å². The van der Waals surface area contributed by atoms with Crippen molar-refractivity contribution >= 4 is 49.4 Å². The van der Waals surface area contributed by atoms with Gasteiger partial charge in [-0.15, -0.1) is 11.3 Å². The first kappa shape index (κ1) is 28.8. The second-order valence-electron chi connectivity index (χ2n) is 12.5. The zero-order valence-corrected chi connectivity index (χ0v) is 25.6. The number of ether oxygens (including phenoxy) is 2. The highest BCUT2D eigenvalue weighted by Gasteiger charge is 2.40. The van der Waals surface area contributed by atoms with Crippen LogP contribution in [0.2, 0.25) is 0 Å². The quantitative estimate of drug-likeness (QED) is 0.290. The smallest absolute Gasteiger partial charge is 0.412 e. The number of thiophene rings is 1. The summed E-state index contributed by atoms with van der Waals surface area (Å²) in [5, 5.41) is 13.5. The van der Waals surface area contributed by atoms with Gasteiger partial charge >= 0.3 is 6.09 Å². The molecule has 10 nitrogen and oxygen atoms in total. The third-order valence-electron chi connectivity index (χ3n) is 8.66. The van der Waals surface area contributed by atoms with Crippen LogP contribution in [0.15, 0.2) is 12.4 Å². The number of fused-ring (bicyclic) bond motifs is 5. The number of carbonyl (C=O) groups is 1. The fourth-order valence-corrected chi connectivity index (χ4v) is 7.84. The molecule has 7 rings (SSSR count). The molecule has 1 aromatic carbocycles. The summed E-state index contributed by atoms with van der Waals surface area (Å²) >= 11 is 0.872. The Balaban J connectivity index is 1.39. The van der Waals surface area contributed by atoms with Crippen molar-refractivity contribution in [2.24, 2.45) is 0 Å². The summed E-state index contributed by atoms with van der Waals surface area (Å²) in [6.45, 7) is 7.30. The lowest BCUT2D eigenvalue weighted by Crippen LogP contribution is -2.48. The Labute approximate surface area is 256 Å². The number of nitriles is 1. The first-order chi connectivity index (χ1) is 21.1. The fraction of sp³-hybridized carbons (Fsp3) is 0.452. The number of pyridine rings is 1. The second-order valence-corrected chi connectivity index (χ2v) is 13.5. The lowest BCUT2D eigenvalue weighted by molar-refractivity contribution is 0.0636. The number of piperidine rings is 1. The zero-order valence-electron chi connectivity index (χ0n) is 24.8. The molecule has 0 spiro atoms. The van der Waals surface area contributed by atoms with E-state index in [1.807, 2.05) is 0 Å². The van der Waals surface area contributed by atoms with E-state index in [9.17, 15) is 10.1 Å². The summed E-state index contributed by atoms with van der Waals surface area (Å²) in [4.78, 5) is 30.9. The standard InChI is InChI=1S/C31H31F2N7O3S/c1-31(2,3)43-30(41)38-28-15(10-34)23-26(35-12-19(32)27(23)44-28)22-18-14-42-13-17(18)16-11-36-29(37-25(16)24(22)33)40-9-7-20-21(40)6-5-8-39(20)4/h11-12,20-21H,5-9,13-14H2,1-4H3,(H,38,41). The van der Waals surface area contributed by atoms with Crippen LogP contribution in [-0.4, -0.2) is 63.8 Å². The van der Waals surface area contributed by atoms with Crippen LogP contribution in [0.3, 0.4) is 0 Å². The SMILES string of the molecule is CN1CCCC2C1CCN2c1ncc2c3c(c(-c4ncc(F)c5sc(NC(=O)OC(C)(C)C)c(C#N)c45)c(F)c2n1)COC3. The lowest BCUT2D eigenvalue weighted by Gasteiger charge is -2.37. The molecule has 1 amide bonds. The molecule has 13 heteroatoms. The number of amides is 1. The molecular formula is C31H31F2N7O3S. The molecule has 0 aliphatic carbocycles. The summed E-state index contributed by atoms with van der Waals surface area (Å²) in [6.07, 6.45) is 4.96. The van der Waals surface area contributed by atoms with Gasteiger partial charge in [0.2, 0.25) is 5.95 Å². The van der Waals surface area contributed by atoms with E-state index in [0.29, 0.717) is 22.9 Å². The minimum absolute atomic E-state index is 0.0297. The van der Waals surface area contributed by atoms with Gasteiger partial charge in [-0.1, -0.05) is 0 Å². The second kappa shape index (κ2) is 10.6. The van der Waals surface area contributed by atoms with Gasteiger partial charge in [0.1, 0.15) is 22.2 Å². The molecule has 3 aromatic heterocycles. The van der Waals surface area contributed by atoms with Crippen molar-refractivity contribution < 1.29 is 23.0 Å². The summed E-state index contributed by atoms with van der Waals surface area (Å²) in [5.74, 6) is -0.859. The van der Waals surface area contributed by atoms with Gasteiger partial charge in [0.15, 0.2) is 11.6 Å². The Bertz CT molecular complexity index is 1880. The summed E-state index contributed by atoms with van der Waals surface area (Å²) < 4.78 is 43.2. The van der Waals surface area contributed by atoms with Crippen LogP contribution in [0, 0.1) is 23.0 Å². The molecule has 2 atom stereocenters. The minimum Gasteiger partial charge on any atom is -0.444 e. The van der Waals surface area contributed by atoms with Crippen molar-refractivity contribution in [2.45, 2.75) is 70.9 Å². The van der Waals surface area contributed by atoms with Gasteiger partial charge in [-0.3, -0.25) is 10.3 Å². The average molecular weight is 620 g/mol. The number of halogens is 2. The number of aromatic nitrogens is 3. The van der Waals surface area contributed by atoms with E-state index in [0.717, 1.165) is 55.4 Å². The number of nitrogens with one attached hydrogen (secondary N) is 1. The van der Waals surface area contributed by atoms with E-state index in [4.69, 9.17) is 14.5 Å². The highest BCUT2D eigenvalue weighted by Crippen LogP contribution is 2.46. The molecular weight excluding hydrogens is 588 g/mol. The van der Waals surface area contributed by atoms with Gasteiger partial charge in [0.25, 0.3) is 0 Å². The van der Waals surface area contributed by atoms with Gasteiger partial charge in [-0.05, 0) is 64.8 Å². The number of likely N-dealkylation sites (tertiary alicyclic amines) is 1. The lowest BCUT2D eigenvalue weighted by atomic mass is 9.94. The maximum atomic E-state index is 16.9. The van der Waals surface area contributed by atoms with Crippen molar-refractivity contribution in [1.29, 1.82) is 5.26 Å². The van der Waals surface area contributed by atoms with Gasteiger partial charge in [-0.2, -0.15) is 5.26 Å². The van der Waals surface area contributed by atoms with Gasteiger partial charge in [0.05, 0.1) is 35.4 Å². The number of hydrogen-bond donors (Lipinski definition) is 1. The maximum absolute atomic E-state index is 16.9. The van der Waals surface area contributed by atoms with Crippen LogP contribution in [0.5, 0.6) is 0 Å². The molecule has 1 N–H and O–H groups in total. The van der Waals surface area contributed by atoms with E-state index in [-0.39, 0.29) is 56.7 Å². The number of anilines is 2. The van der Waals surface area contributed by atoms with Crippen molar-refractivity contribution in [3.63, 3.8) is 0 Å². The molecule has 2 saturated heterocycles. The molecule has 228 valence electrons. The van der Waals surface area contributed by atoms with E-state index in [1.54, 1.807) is 27.0 Å². The van der Waals surface area contributed by atoms with Crippen LogP contribution in [0.4, 0.5) is 24.5 Å². The van der Waals surface area contributed by atoms with Gasteiger partial charge < -0.3 is 19.3 Å². The normalized spacial score (nSPS) is 20.2. The number of carbonyl (C=O) groups excluding carboxylic acids is 1. The number of hydrogen-bond acceptors (Lipinski definition) is 10. The molecule has 6 heterocycles. The Hall–Kier alpha value is -3.99. The monoisotopic (exact) mass is 619 g/mol. The first-order valence-electron chi connectivity index (χ1n) is 14.6. The predicted molar refractivity (Wildman–Crippen MR) is 163 cm³/mol. The zero-order chi connectivity index (χ0) is 30.9. The van der Waals surface area contributed by atoms with Crippen LogP contribution in [-0.2, 0) is 22.7 Å². The average Bonchev–Trinajstić information content (AvgIpc) is 3.71. The predicted octanol–water partition coefficient (Wildman–Crippen LogP) is 6.11. The third-order valence-corrected chi connectivity index (χ3v) is 9.78. The number of nitrogens with zero attached hydrogens (tertiary/aromatic N) is 6. The van der Waals surface area contributed by atoms with Crippen LogP contribution in [0.1, 0.15) is 56.7 Å². The van der Waals surface area contributed by atoms with Gasteiger partial charge in [-0.25, -0.2) is 23.5 Å². The number of rotatable bonds is 3. The Morgan fingerprint density at radius 1 is 1.16 bits per heavy atom. The van der Waals surface area contributed by atoms with E-state index in [2.05, 4.69) is 38.2 Å². The summed E-state index contributed by atoms with van der Waals surface area (Å²) in [7, 11) is 2.14. The molecule has 3 aliphatic rings. The summed E-state index contributed by atoms with van der Waals surface area (Å²) in [5.41, 5.74) is 0.792. The number of likely N-dealkylation sites (N-methyl/N-ethyl adjacent to an activating group) is 1. The summed E-state index contributed by atoms with van der Waals surface area (Å²) in [6, 6.07) is 2.73. The molecule has 0 bridgehead atoms. The molecule has 2 unspecified atom stereocenters. The molecule has 0 saturated carbocycles. The largest absolute Gasteiger partial charge is 0.444 e. The Morgan fingerprint density at radius 3 is 2.73 bits per heavy atom. The van der Waals surface area contributed by atoms with E-state index < -0.39 is 23.3 Å². The van der Waals surface area contributed by atoms with Crippen LogP contribution in [0.25, 0.3) is 32.2 Å². The van der Waals surface area contributed by atoms with Crippen LogP contribution < -0.4 is 10.2 Å². The Kier molecular flexibility index (Phi) is 6.91. The first-order valence-corrected chi connectivity index (χ1v) is 15.4. The molecule has 2 fully saturated rings. The maximum Gasteiger partial charge on any atom is 0.412 e. The highest BCUT2D eigenvalue weighted by molar-refractivity contribution is 7.23. The third kappa shape index (κ3) is 4.63. The topological polar surface area (TPSA) is 116 Å². The molecule has 0 radical (unpaired) electrons. The molecule has 3 aliphatic heterocycles. The van der Waals surface area contributed by atoms with Crippen molar-refractivity contribution in [2.75, 3.05) is 30.4 Å². The molecule has 4 aromatic rings. The van der Waals surface area contributed by atoms with Gasteiger partial charge in [0, 0.05) is 41.2 Å². The highest BCUT2D eigenvalue weighted by atomic mass is 32.1. The minimum atomic E-state index is -0.792. The Morgan fingerprint density at radius 2 is 1.95 bits per heavy atom. The van der Waals surface area contributed by atoms with E-state index >= 15 is 8.78 Å². The van der Waals surface area contributed by atoms with E-state index in [1.165, 1.54) is 0 Å². The van der Waals surface area contributed by atoms with Crippen molar-refractivity contribution in [1.82, 2.24) is 19.9 Å². The fourth-order valence-electron chi connectivity index (χ4n) is 6.80.